The normalized spacial score (nSPS) is 31.0. The number of Topliss-reactive ketones (excluding diaryl/α,β-unsaturated/α-hetero) is 1. The van der Waals surface area contributed by atoms with Crippen molar-refractivity contribution in [1.29, 1.82) is 0 Å². The molecule has 2 saturated heterocycles. The molecular weight excluding hydrogens is 594 g/mol. The van der Waals surface area contributed by atoms with Crippen LogP contribution < -0.4 is 10.1 Å². The number of nitrogens with one attached hydrogen (secondary N) is 2. The lowest BCUT2D eigenvalue weighted by molar-refractivity contribution is -0.310. The molecule has 13 nitrogen and oxygen atoms in total. The molecular formula is C30H39N3O10S. The van der Waals surface area contributed by atoms with Crippen molar-refractivity contribution in [3.05, 3.63) is 36.2 Å². The van der Waals surface area contributed by atoms with Gasteiger partial charge in [-0.05, 0) is 37.4 Å². The number of pyridine rings is 1. The lowest BCUT2D eigenvalue weighted by Gasteiger charge is -2.49. The summed E-state index contributed by atoms with van der Waals surface area (Å²) in [7, 11) is 1.61. The number of carboxylic acid groups (broad SMARTS) is 1. The summed E-state index contributed by atoms with van der Waals surface area (Å²) in [6, 6.07) is 6.93. The fourth-order valence-electron chi connectivity index (χ4n) is 6.12. The molecule has 5 N–H and O–H groups in total. The van der Waals surface area contributed by atoms with Crippen molar-refractivity contribution in [3.8, 4) is 5.75 Å². The van der Waals surface area contributed by atoms with Crippen molar-refractivity contribution in [2.75, 3.05) is 26.6 Å². The first-order valence-corrected chi connectivity index (χ1v) is 15.6. The molecule has 8 unspecified atom stereocenters. The first kappa shape index (κ1) is 32.6. The van der Waals surface area contributed by atoms with Gasteiger partial charge in [-0.25, -0.2) is 4.79 Å². The van der Waals surface area contributed by atoms with Crippen LogP contribution in [0.15, 0.2) is 30.5 Å². The van der Waals surface area contributed by atoms with E-state index in [1.807, 2.05) is 13.8 Å². The van der Waals surface area contributed by atoms with Gasteiger partial charge in [-0.1, -0.05) is 13.8 Å². The third kappa shape index (κ3) is 6.05. The summed E-state index contributed by atoms with van der Waals surface area (Å²) in [5.41, 5.74) is 1.18. The molecule has 240 valence electrons. The number of carbonyl (C=O) groups is 2. The Morgan fingerprint density at radius 1 is 1.25 bits per heavy atom. The van der Waals surface area contributed by atoms with Crippen molar-refractivity contribution < 1.29 is 48.6 Å². The highest BCUT2D eigenvalue weighted by Gasteiger charge is 2.60. The number of aromatic amines is 1. The first-order valence-electron chi connectivity index (χ1n) is 14.4. The van der Waals surface area contributed by atoms with Crippen LogP contribution in [0.3, 0.4) is 0 Å². The molecule has 2 aromatic heterocycles. The number of thioether (sulfide) groups is 1. The number of nitrogens with zero attached hydrogens (tertiary/aromatic N) is 1. The highest BCUT2D eigenvalue weighted by Crippen LogP contribution is 2.44. The van der Waals surface area contributed by atoms with Crippen LogP contribution >= 0.6 is 11.8 Å². The quantitative estimate of drug-likeness (QED) is 0.194. The number of aromatic nitrogens is 2. The third-order valence-corrected chi connectivity index (χ3v) is 9.67. The van der Waals surface area contributed by atoms with Crippen LogP contribution in [-0.2, 0) is 23.7 Å². The molecule has 44 heavy (non-hydrogen) atoms. The highest BCUT2D eigenvalue weighted by molar-refractivity contribution is 8.00. The van der Waals surface area contributed by atoms with E-state index in [1.165, 1.54) is 6.20 Å². The van der Waals surface area contributed by atoms with E-state index in [-0.39, 0.29) is 23.9 Å². The second-order valence-corrected chi connectivity index (χ2v) is 12.4. The second kappa shape index (κ2) is 13.3. The van der Waals surface area contributed by atoms with Crippen LogP contribution in [0, 0.1) is 0 Å². The van der Waals surface area contributed by atoms with E-state index in [0.717, 1.165) is 11.8 Å². The van der Waals surface area contributed by atoms with Crippen LogP contribution in [0.5, 0.6) is 5.75 Å². The summed E-state index contributed by atoms with van der Waals surface area (Å²) in [6.45, 7) is 5.48. The van der Waals surface area contributed by atoms with Gasteiger partial charge in [-0.3, -0.25) is 9.78 Å². The Kier molecular flexibility index (Phi) is 9.82. The third-order valence-electron chi connectivity index (χ3n) is 8.24. The fraction of sp³-hybridized carbons (Fsp3) is 0.567. The maximum absolute atomic E-state index is 14.5. The topological polar surface area (TPSA) is 182 Å². The van der Waals surface area contributed by atoms with Gasteiger partial charge in [-0.15, -0.1) is 11.8 Å². The standard InChI is InChI=1S/C30H39N3O10S/c1-14(2)32-20-12-41-23(11-21(20)39-4)43-26-28(37)30(44-5,15(3)42-29(26)38)27(36)25-24-17(8-9-31-25)18-10-16(40-13-22(34)35)6-7-19(18)33-24/h6-10,14-15,20-21,23,26,28-29,32-33,37-38H,11-13H2,1-5H3,(H,34,35). The van der Waals surface area contributed by atoms with Gasteiger partial charge in [0.15, 0.2) is 19.2 Å². The number of ketones is 1. The molecule has 0 radical (unpaired) electrons. The van der Waals surface area contributed by atoms with Gasteiger partial charge in [-0.2, -0.15) is 0 Å². The Balaban J connectivity index is 1.44. The van der Waals surface area contributed by atoms with Crippen LogP contribution in [0.4, 0.5) is 0 Å². The minimum atomic E-state index is -1.60. The number of H-pyrrole nitrogens is 1. The van der Waals surface area contributed by atoms with Crippen molar-refractivity contribution in [3.63, 3.8) is 0 Å². The minimum absolute atomic E-state index is 0.0631. The van der Waals surface area contributed by atoms with Crippen molar-refractivity contribution in [1.82, 2.24) is 15.3 Å². The monoisotopic (exact) mass is 633 g/mol. The molecule has 3 aromatic rings. The number of ether oxygens (including phenoxy) is 5. The number of hydrogen-bond donors (Lipinski definition) is 5. The second-order valence-electron chi connectivity index (χ2n) is 11.3. The predicted molar refractivity (Wildman–Crippen MR) is 162 cm³/mol. The Morgan fingerprint density at radius 3 is 2.70 bits per heavy atom. The van der Waals surface area contributed by atoms with E-state index in [1.54, 1.807) is 44.6 Å². The molecule has 14 heteroatoms. The Labute approximate surface area is 258 Å². The van der Waals surface area contributed by atoms with E-state index in [2.05, 4.69) is 15.3 Å². The zero-order valence-corrected chi connectivity index (χ0v) is 26.0. The number of aliphatic carboxylic acids is 1. The minimum Gasteiger partial charge on any atom is -0.482 e. The lowest BCUT2D eigenvalue weighted by Crippen LogP contribution is -2.68. The predicted octanol–water partition coefficient (Wildman–Crippen LogP) is 2.08. The summed E-state index contributed by atoms with van der Waals surface area (Å²) in [6.07, 6.45) is -2.80. The zero-order chi connectivity index (χ0) is 31.8. The molecule has 4 heterocycles. The van der Waals surface area contributed by atoms with E-state index in [0.29, 0.717) is 40.6 Å². The summed E-state index contributed by atoms with van der Waals surface area (Å²) < 4.78 is 27.3. The number of carboxylic acids is 1. The molecule has 0 spiro atoms. The van der Waals surface area contributed by atoms with E-state index in [9.17, 15) is 19.8 Å². The Hall–Kier alpha value is -2.82. The van der Waals surface area contributed by atoms with Crippen molar-refractivity contribution >= 4 is 45.3 Å². The van der Waals surface area contributed by atoms with Gasteiger partial charge < -0.3 is 49.3 Å². The summed E-state index contributed by atoms with van der Waals surface area (Å²) >= 11 is 1.10. The number of benzene rings is 1. The van der Waals surface area contributed by atoms with Crippen molar-refractivity contribution in [2.24, 2.45) is 0 Å². The zero-order valence-electron chi connectivity index (χ0n) is 25.2. The highest BCUT2D eigenvalue weighted by atomic mass is 32.2. The van der Waals surface area contributed by atoms with Gasteiger partial charge in [0.2, 0.25) is 5.78 Å². The molecule has 8 atom stereocenters. The number of carbonyl (C=O) groups excluding carboxylic acids is 1. The Bertz CT molecular complexity index is 1500. The summed E-state index contributed by atoms with van der Waals surface area (Å²) in [5.74, 6) is -1.25. The fourth-order valence-corrected chi connectivity index (χ4v) is 7.16. The molecule has 0 aliphatic carbocycles. The number of aliphatic hydroxyl groups is 2. The SMILES string of the molecule is COC1CC(OC2C(O)OC(C)C(SC)(C(=O)c3nccc4c3[nH]c3ccc(OCC(=O)O)cc34)C2O)OCC1NC(C)C. The van der Waals surface area contributed by atoms with Crippen LogP contribution in [-0.4, -0.2) is 117 Å². The largest absolute Gasteiger partial charge is 0.482 e. The van der Waals surface area contributed by atoms with Gasteiger partial charge in [0, 0.05) is 42.1 Å². The van der Waals surface area contributed by atoms with E-state index >= 15 is 0 Å². The van der Waals surface area contributed by atoms with Crippen molar-refractivity contribution in [2.45, 2.75) is 81.0 Å². The average Bonchev–Trinajstić information content (AvgIpc) is 3.37. The van der Waals surface area contributed by atoms with Gasteiger partial charge in [0.05, 0.1) is 30.4 Å². The van der Waals surface area contributed by atoms with E-state index < -0.39 is 54.0 Å². The average molecular weight is 634 g/mol. The smallest absolute Gasteiger partial charge is 0.341 e. The molecule has 2 aliphatic heterocycles. The summed E-state index contributed by atoms with van der Waals surface area (Å²) in [4.78, 5) is 33.1. The molecule has 5 rings (SSSR count). The van der Waals surface area contributed by atoms with Crippen LogP contribution in [0.2, 0.25) is 0 Å². The number of fused-ring (bicyclic) bond motifs is 3. The maximum Gasteiger partial charge on any atom is 0.341 e. The molecule has 1 aromatic carbocycles. The van der Waals surface area contributed by atoms with E-state index in [4.69, 9.17) is 28.8 Å². The molecule has 0 bridgehead atoms. The Morgan fingerprint density at radius 2 is 2.02 bits per heavy atom. The number of rotatable bonds is 11. The number of methoxy groups -OCH3 is 1. The van der Waals surface area contributed by atoms with Gasteiger partial charge >= 0.3 is 5.97 Å². The molecule has 0 saturated carbocycles. The molecule has 2 fully saturated rings. The maximum atomic E-state index is 14.5. The molecule has 0 amide bonds. The summed E-state index contributed by atoms with van der Waals surface area (Å²) in [5, 5.41) is 36.4. The van der Waals surface area contributed by atoms with Gasteiger partial charge in [0.1, 0.15) is 28.4 Å². The molecule has 2 aliphatic rings. The number of aliphatic hydroxyl groups excluding tert-OH is 2. The first-order chi connectivity index (χ1) is 21.0. The number of hydrogen-bond acceptors (Lipinski definition) is 12. The lowest BCUT2D eigenvalue weighted by atomic mass is 9.83. The van der Waals surface area contributed by atoms with Gasteiger partial charge in [0.25, 0.3) is 0 Å². The van der Waals surface area contributed by atoms with Crippen LogP contribution in [0.25, 0.3) is 21.8 Å². The van der Waals surface area contributed by atoms with Crippen LogP contribution in [0.1, 0.15) is 37.7 Å².